The zero-order valence-corrected chi connectivity index (χ0v) is 20.3. The number of amides is 1. The fourth-order valence-corrected chi connectivity index (χ4v) is 5.31. The summed E-state index contributed by atoms with van der Waals surface area (Å²) in [5.41, 5.74) is 3.15. The standard InChI is InChI=1S/C24H21N3O5S2/c1-13-21(9-14-4-6-18-20(8-14)32-12-31-18)34-24(25-13)27-22(28)16-11-33-23(26-16)15-5-7-17(29-2)19(10-15)30-3/h4-8,10-11H,9,12H2,1-3H3,(H,25,27,28). The number of fused-ring (bicyclic) bond motifs is 1. The van der Waals surface area contributed by atoms with Crippen molar-refractivity contribution >= 4 is 33.7 Å². The number of methoxy groups -OCH3 is 2. The molecule has 1 amide bonds. The Morgan fingerprint density at radius 2 is 1.88 bits per heavy atom. The topological polar surface area (TPSA) is 91.8 Å². The van der Waals surface area contributed by atoms with Crippen molar-refractivity contribution in [3.8, 4) is 33.6 Å². The fourth-order valence-electron chi connectivity index (χ4n) is 3.52. The molecule has 0 unspecified atom stereocenters. The van der Waals surface area contributed by atoms with Crippen molar-refractivity contribution in [2.24, 2.45) is 0 Å². The highest BCUT2D eigenvalue weighted by Gasteiger charge is 2.18. The van der Waals surface area contributed by atoms with Crippen LogP contribution in [0.2, 0.25) is 0 Å². The monoisotopic (exact) mass is 495 g/mol. The molecule has 4 aromatic rings. The minimum atomic E-state index is -0.300. The molecule has 8 nitrogen and oxygen atoms in total. The Kier molecular flexibility index (Phi) is 6.08. The Morgan fingerprint density at radius 1 is 1.06 bits per heavy atom. The number of aryl methyl sites for hydroxylation is 1. The molecule has 3 heterocycles. The van der Waals surface area contributed by atoms with E-state index in [2.05, 4.69) is 15.3 Å². The number of rotatable bonds is 7. The second kappa shape index (κ2) is 9.32. The van der Waals surface area contributed by atoms with Gasteiger partial charge in [0.05, 0.1) is 19.9 Å². The predicted octanol–water partition coefficient (Wildman–Crippen LogP) is 5.16. The van der Waals surface area contributed by atoms with Crippen LogP contribution in [0, 0.1) is 6.92 Å². The third-order valence-corrected chi connectivity index (χ3v) is 7.25. The van der Waals surface area contributed by atoms with E-state index in [0.717, 1.165) is 33.2 Å². The van der Waals surface area contributed by atoms with E-state index < -0.39 is 0 Å². The van der Waals surface area contributed by atoms with Crippen LogP contribution in [0.25, 0.3) is 10.6 Å². The van der Waals surface area contributed by atoms with Gasteiger partial charge in [-0.3, -0.25) is 10.1 Å². The first kappa shape index (κ1) is 22.2. The molecule has 0 spiro atoms. The van der Waals surface area contributed by atoms with Gasteiger partial charge in [0.15, 0.2) is 28.1 Å². The average Bonchev–Trinajstić information content (AvgIpc) is 3.59. The van der Waals surface area contributed by atoms with E-state index in [9.17, 15) is 4.79 Å². The zero-order chi connectivity index (χ0) is 23.7. The molecule has 174 valence electrons. The predicted molar refractivity (Wildman–Crippen MR) is 131 cm³/mol. The maximum Gasteiger partial charge on any atom is 0.276 e. The molecule has 5 rings (SSSR count). The quantitative estimate of drug-likeness (QED) is 0.378. The second-order valence-corrected chi connectivity index (χ2v) is 9.40. The van der Waals surface area contributed by atoms with Crippen molar-refractivity contribution in [2.45, 2.75) is 13.3 Å². The van der Waals surface area contributed by atoms with Gasteiger partial charge in [-0.1, -0.05) is 6.07 Å². The maximum atomic E-state index is 12.8. The molecule has 0 aliphatic carbocycles. The maximum absolute atomic E-state index is 12.8. The molecule has 1 N–H and O–H groups in total. The van der Waals surface area contributed by atoms with Crippen LogP contribution < -0.4 is 24.3 Å². The van der Waals surface area contributed by atoms with Gasteiger partial charge in [-0.2, -0.15) is 0 Å². The molecule has 0 saturated heterocycles. The lowest BCUT2D eigenvalue weighted by Crippen LogP contribution is -2.12. The summed E-state index contributed by atoms with van der Waals surface area (Å²) in [7, 11) is 3.17. The van der Waals surface area contributed by atoms with Gasteiger partial charge in [-0.15, -0.1) is 22.7 Å². The molecule has 34 heavy (non-hydrogen) atoms. The summed E-state index contributed by atoms with van der Waals surface area (Å²) < 4.78 is 21.5. The highest BCUT2D eigenvalue weighted by atomic mass is 32.1. The molecular weight excluding hydrogens is 474 g/mol. The van der Waals surface area contributed by atoms with Crippen molar-refractivity contribution in [1.29, 1.82) is 0 Å². The summed E-state index contributed by atoms with van der Waals surface area (Å²) in [5, 5.41) is 5.86. The Morgan fingerprint density at radius 3 is 2.71 bits per heavy atom. The number of carbonyl (C=O) groups is 1. The van der Waals surface area contributed by atoms with Crippen LogP contribution in [0.3, 0.4) is 0 Å². The molecule has 1 aliphatic heterocycles. The molecule has 2 aromatic heterocycles. The van der Waals surface area contributed by atoms with E-state index in [0.29, 0.717) is 33.8 Å². The number of thiazole rings is 2. The number of carbonyl (C=O) groups excluding carboxylic acids is 1. The van der Waals surface area contributed by atoms with Gasteiger partial charge in [0.25, 0.3) is 5.91 Å². The number of hydrogen-bond acceptors (Lipinski definition) is 9. The summed E-state index contributed by atoms with van der Waals surface area (Å²) in [4.78, 5) is 22.9. The largest absolute Gasteiger partial charge is 0.493 e. The number of aromatic nitrogens is 2. The molecule has 10 heteroatoms. The molecular formula is C24H21N3O5S2. The minimum absolute atomic E-state index is 0.249. The van der Waals surface area contributed by atoms with Gasteiger partial charge in [0, 0.05) is 22.2 Å². The van der Waals surface area contributed by atoms with Crippen molar-refractivity contribution in [3.05, 3.63) is 63.6 Å². The highest BCUT2D eigenvalue weighted by molar-refractivity contribution is 7.16. The molecule has 0 fully saturated rings. The van der Waals surface area contributed by atoms with Crippen LogP contribution in [0.15, 0.2) is 41.8 Å². The van der Waals surface area contributed by atoms with Crippen LogP contribution in [-0.2, 0) is 6.42 Å². The minimum Gasteiger partial charge on any atom is -0.493 e. The lowest BCUT2D eigenvalue weighted by atomic mass is 10.1. The molecule has 1 aliphatic rings. The van der Waals surface area contributed by atoms with Crippen LogP contribution in [0.4, 0.5) is 5.13 Å². The summed E-state index contributed by atoms with van der Waals surface area (Å²) >= 11 is 2.84. The highest BCUT2D eigenvalue weighted by Crippen LogP contribution is 2.35. The van der Waals surface area contributed by atoms with E-state index in [4.69, 9.17) is 18.9 Å². The normalized spacial score (nSPS) is 12.0. The van der Waals surface area contributed by atoms with E-state index in [1.165, 1.54) is 22.7 Å². The summed E-state index contributed by atoms with van der Waals surface area (Å²) in [6, 6.07) is 11.4. The van der Waals surface area contributed by atoms with Crippen LogP contribution in [-0.4, -0.2) is 36.9 Å². The smallest absolute Gasteiger partial charge is 0.276 e. The Hall–Kier alpha value is -3.63. The number of ether oxygens (including phenoxy) is 4. The Balaban J connectivity index is 1.29. The zero-order valence-electron chi connectivity index (χ0n) is 18.7. The first-order valence-electron chi connectivity index (χ1n) is 10.4. The molecule has 0 radical (unpaired) electrons. The van der Waals surface area contributed by atoms with E-state index in [1.54, 1.807) is 19.6 Å². The summed E-state index contributed by atoms with van der Waals surface area (Å²) in [6.45, 7) is 2.19. The van der Waals surface area contributed by atoms with Crippen molar-refractivity contribution in [2.75, 3.05) is 26.3 Å². The van der Waals surface area contributed by atoms with Crippen LogP contribution in [0.5, 0.6) is 23.0 Å². The molecule has 0 bridgehead atoms. The average molecular weight is 496 g/mol. The molecule has 0 saturated carbocycles. The number of hydrogen-bond donors (Lipinski definition) is 1. The van der Waals surface area contributed by atoms with Gasteiger partial charge in [0.1, 0.15) is 10.7 Å². The van der Waals surface area contributed by atoms with Gasteiger partial charge in [-0.05, 0) is 42.8 Å². The lowest BCUT2D eigenvalue weighted by Gasteiger charge is -2.08. The van der Waals surface area contributed by atoms with Gasteiger partial charge >= 0.3 is 0 Å². The first-order valence-corrected chi connectivity index (χ1v) is 12.1. The van der Waals surface area contributed by atoms with Gasteiger partial charge in [0.2, 0.25) is 6.79 Å². The number of benzene rings is 2. The van der Waals surface area contributed by atoms with Crippen LogP contribution in [0.1, 0.15) is 26.6 Å². The Bertz CT molecular complexity index is 1360. The van der Waals surface area contributed by atoms with Gasteiger partial charge in [-0.25, -0.2) is 9.97 Å². The molecule has 0 atom stereocenters. The summed E-state index contributed by atoms with van der Waals surface area (Å²) in [5.74, 6) is 2.45. The number of nitrogens with one attached hydrogen (secondary N) is 1. The third kappa shape index (κ3) is 4.42. The van der Waals surface area contributed by atoms with E-state index in [1.807, 2.05) is 43.3 Å². The summed E-state index contributed by atoms with van der Waals surface area (Å²) in [6.07, 6.45) is 0.691. The van der Waals surface area contributed by atoms with Crippen LogP contribution >= 0.6 is 22.7 Å². The van der Waals surface area contributed by atoms with E-state index in [-0.39, 0.29) is 12.7 Å². The SMILES string of the molecule is COc1ccc(-c2nc(C(=O)Nc3nc(C)c(Cc4ccc5c(c4)OCO5)s3)cs2)cc1OC. The van der Waals surface area contributed by atoms with Crippen molar-refractivity contribution in [1.82, 2.24) is 9.97 Å². The second-order valence-electron chi connectivity index (χ2n) is 7.45. The third-order valence-electron chi connectivity index (χ3n) is 5.28. The fraction of sp³-hybridized carbons (Fsp3) is 0.208. The number of nitrogens with zero attached hydrogens (tertiary/aromatic N) is 2. The molecule has 2 aromatic carbocycles. The van der Waals surface area contributed by atoms with Gasteiger partial charge < -0.3 is 18.9 Å². The first-order chi connectivity index (χ1) is 16.5. The number of anilines is 1. The lowest BCUT2D eigenvalue weighted by molar-refractivity contribution is 0.102. The van der Waals surface area contributed by atoms with Crippen molar-refractivity contribution in [3.63, 3.8) is 0 Å². The Labute approximate surface area is 204 Å². The van der Waals surface area contributed by atoms with Crippen molar-refractivity contribution < 1.29 is 23.7 Å². The van der Waals surface area contributed by atoms with E-state index >= 15 is 0 Å².